The Morgan fingerprint density at radius 2 is 2.05 bits per heavy atom. The molecule has 19 heavy (non-hydrogen) atoms. The van der Waals surface area contributed by atoms with E-state index in [1.807, 2.05) is 0 Å². The van der Waals surface area contributed by atoms with E-state index in [9.17, 15) is 4.79 Å². The second kappa shape index (κ2) is 5.64. The summed E-state index contributed by atoms with van der Waals surface area (Å²) in [5.74, 6) is 0.219. The van der Waals surface area contributed by atoms with Crippen LogP contribution in [-0.4, -0.2) is 25.0 Å². The van der Waals surface area contributed by atoms with Crippen molar-refractivity contribution < 1.29 is 4.79 Å². The fourth-order valence-corrected chi connectivity index (χ4v) is 3.25. The summed E-state index contributed by atoms with van der Waals surface area (Å²) in [5.41, 5.74) is 2.73. The zero-order valence-electron chi connectivity index (χ0n) is 11.4. The van der Waals surface area contributed by atoms with Gasteiger partial charge in [-0.25, -0.2) is 0 Å². The molecule has 3 nitrogen and oxygen atoms in total. The third kappa shape index (κ3) is 2.91. The number of nitrogens with one attached hydrogen (secondary N) is 1. The molecule has 0 aromatic heterocycles. The molecule has 1 aromatic rings. The molecule has 1 heterocycles. The molecule has 2 aliphatic rings. The third-order valence-corrected chi connectivity index (χ3v) is 4.31. The first-order valence-corrected chi connectivity index (χ1v) is 7.45. The van der Waals surface area contributed by atoms with Crippen molar-refractivity contribution in [2.75, 3.05) is 18.0 Å². The molecule has 1 aliphatic carbocycles. The number of para-hydroxylation sites is 1. The number of anilines is 1. The predicted octanol–water partition coefficient (Wildman–Crippen LogP) is 2.50. The largest absolute Gasteiger partial charge is 0.370 e. The zero-order chi connectivity index (χ0) is 13.1. The van der Waals surface area contributed by atoms with Crippen LogP contribution in [0, 0.1) is 0 Å². The highest BCUT2D eigenvalue weighted by molar-refractivity contribution is 5.77. The van der Waals surface area contributed by atoms with Gasteiger partial charge < -0.3 is 10.2 Å². The van der Waals surface area contributed by atoms with Gasteiger partial charge in [0.05, 0.1) is 0 Å². The second-order valence-corrected chi connectivity index (χ2v) is 5.66. The second-order valence-electron chi connectivity index (χ2n) is 5.66. The van der Waals surface area contributed by atoms with E-state index >= 15 is 0 Å². The van der Waals surface area contributed by atoms with Crippen LogP contribution in [0.1, 0.15) is 37.7 Å². The lowest BCUT2D eigenvalue weighted by Crippen LogP contribution is -2.35. The van der Waals surface area contributed by atoms with Crippen molar-refractivity contribution in [3.63, 3.8) is 0 Å². The van der Waals surface area contributed by atoms with Gasteiger partial charge in [0, 0.05) is 31.2 Å². The van der Waals surface area contributed by atoms with E-state index in [2.05, 4.69) is 34.5 Å². The third-order valence-electron chi connectivity index (χ3n) is 4.31. The minimum atomic E-state index is 0.219. The van der Waals surface area contributed by atoms with Gasteiger partial charge in [0.15, 0.2) is 0 Å². The number of carbonyl (C=O) groups excluding carboxylic acids is 1. The molecule has 0 bridgehead atoms. The van der Waals surface area contributed by atoms with Crippen molar-refractivity contribution in [1.82, 2.24) is 5.32 Å². The Hall–Kier alpha value is -1.51. The van der Waals surface area contributed by atoms with Crippen LogP contribution < -0.4 is 10.2 Å². The summed E-state index contributed by atoms with van der Waals surface area (Å²) in [5, 5.41) is 3.16. The van der Waals surface area contributed by atoms with Crippen molar-refractivity contribution in [2.24, 2.45) is 0 Å². The maximum absolute atomic E-state index is 11.9. The summed E-state index contributed by atoms with van der Waals surface area (Å²) in [6, 6.07) is 8.97. The Bertz CT molecular complexity index is 452. The standard InChI is InChI=1S/C16H22N2O/c19-16(17-14-6-2-3-7-14)10-12-18-11-9-13-5-1-4-8-15(13)18/h1,4-5,8,14H,2-3,6-7,9-12H2,(H,17,19). The Balaban J connectivity index is 1.49. The lowest BCUT2D eigenvalue weighted by Gasteiger charge is -2.19. The van der Waals surface area contributed by atoms with Gasteiger partial charge >= 0.3 is 0 Å². The van der Waals surface area contributed by atoms with Crippen molar-refractivity contribution in [1.29, 1.82) is 0 Å². The lowest BCUT2D eigenvalue weighted by atomic mass is 10.2. The van der Waals surface area contributed by atoms with E-state index in [0.717, 1.165) is 32.4 Å². The topological polar surface area (TPSA) is 32.3 Å². The molecule has 3 heteroatoms. The fraction of sp³-hybridized carbons (Fsp3) is 0.562. The van der Waals surface area contributed by atoms with Gasteiger partial charge in [-0.05, 0) is 30.9 Å². The normalized spacial score (nSPS) is 18.6. The lowest BCUT2D eigenvalue weighted by molar-refractivity contribution is -0.121. The number of nitrogens with zero attached hydrogens (tertiary/aromatic N) is 1. The molecule has 1 aromatic carbocycles. The average Bonchev–Trinajstić information content (AvgIpc) is 3.05. The Kier molecular flexibility index (Phi) is 3.72. The highest BCUT2D eigenvalue weighted by Crippen LogP contribution is 2.27. The first kappa shape index (κ1) is 12.5. The van der Waals surface area contributed by atoms with Crippen LogP contribution in [0.25, 0.3) is 0 Å². The number of carbonyl (C=O) groups is 1. The average molecular weight is 258 g/mol. The van der Waals surface area contributed by atoms with Gasteiger partial charge in [0.1, 0.15) is 0 Å². The molecule has 1 saturated carbocycles. The Labute approximate surface area is 115 Å². The zero-order valence-corrected chi connectivity index (χ0v) is 11.4. The molecule has 0 unspecified atom stereocenters. The van der Waals surface area contributed by atoms with Crippen molar-refractivity contribution in [3.8, 4) is 0 Å². The van der Waals surface area contributed by atoms with Crippen LogP contribution >= 0.6 is 0 Å². The molecule has 0 radical (unpaired) electrons. The van der Waals surface area contributed by atoms with E-state index in [0.29, 0.717) is 12.5 Å². The first-order valence-electron chi connectivity index (χ1n) is 7.45. The number of fused-ring (bicyclic) bond motifs is 1. The molecule has 0 spiro atoms. The number of hydrogen-bond donors (Lipinski definition) is 1. The first-order chi connectivity index (χ1) is 9.33. The van der Waals surface area contributed by atoms with E-state index in [4.69, 9.17) is 0 Å². The Morgan fingerprint density at radius 1 is 1.26 bits per heavy atom. The van der Waals surface area contributed by atoms with Crippen LogP contribution in [0.5, 0.6) is 0 Å². The maximum Gasteiger partial charge on any atom is 0.221 e. The van der Waals surface area contributed by atoms with Crippen LogP contribution in [0.3, 0.4) is 0 Å². The van der Waals surface area contributed by atoms with Crippen molar-refractivity contribution >= 4 is 11.6 Å². The smallest absolute Gasteiger partial charge is 0.221 e. The predicted molar refractivity (Wildman–Crippen MR) is 77.4 cm³/mol. The van der Waals surface area contributed by atoms with E-state index in [-0.39, 0.29) is 5.91 Å². The minimum Gasteiger partial charge on any atom is -0.370 e. The summed E-state index contributed by atoms with van der Waals surface area (Å²) < 4.78 is 0. The van der Waals surface area contributed by atoms with Gasteiger partial charge in [-0.1, -0.05) is 31.0 Å². The van der Waals surface area contributed by atoms with Crippen molar-refractivity contribution in [3.05, 3.63) is 29.8 Å². The maximum atomic E-state index is 11.9. The molecular formula is C16H22N2O. The monoisotopic (exact) mass is 258 g/mol. The molecule has 1 N–H and O–H groups in total. The molecule has 3 rings (SSSR count). The fourth-order valence-electron chi connectivity index (χ4n) is 3.25. The SMILES string of the molecule is O=C(CCN1CCc2ccccc21)NC1CCCC1. The van der Waals surface area contributed by atoms with Gasteiger partial charge in [0.25, 0.3) is 0 Å². The summed E-state index contributed by atoms with van der Waals surface area (Å²) in [7, 11) is 0. The van der Waals surface area contributed by atoms with E-state index < -0.39 is 0 Å². The molecule has 1 aliphatic heterocycles. The molecule has 1 amide bonds. The molecule has 0 atom stereocenters. The minimum absolute atomic E-state index is 0.219. The van der Waals surface area contributed by atoms with Crippen LogP contribution in [0.15, 0.2) is 24.3 Å². The summed E-state index contributed by atoms with van der Waals surface area (Å²) in [6.07, 6.45) is 6.59. The summed E-state index contributed by atoms with van der Waals surface area (Å²) in [6.45, 7) is 1.89. The molecule has 1 fully saturated rings. The molecule has 102 valence electrons. The summed E-state index contributed by atoms with van der Waals surface area (Å²) in [4.78, 5) is 14.3. The van der Waals surface area contributed by atoms with Crippen LogP contribution in [0.4, 0.5) is 5.69 Å². The molecule has 0 saturated heterocycles. The number of amides is 1. The highest BCUT2D eigenvalue weighted by atomic mass is 16.1. The number of benzene rings is 1. The van der Waals surface area contributed by atoms with Gasteiger partial charge in [-0.3, -0.25) is 4.79 Å². The van der Waals surface area contributed by atoms with Crippen molar-refractivity contribution in [2.45, 2.75) is 44.6 Å². The molecular weight excluding hydrogens is 236 g/mol. The van der Waals surface area contributed by atoms with Gasteiger partial charge in [-0.15, -0.1) is 0 Å². The number of rotatable bonds is 4. The van der Waals surface area contributed by atoms with Crippen LogP contribution in [0.2, 0.25) is 0 Å². The quantitative estimate of drug-likeness (QED) is 0.900. The Morgan fingerprint density at radius 3 is 2.89 bits per heavy atom. The van der Waals surface area contributed by atoms with Gasteiger partial charge in [-0.2, -0.15) is 0 Å². The van der Waals surface area contributed by atoms with Gasteiger partial charge in [0.2, 0.25) is 5.91 Å². The summed E-state index contributed by atoms with van der Waals surface area (Å²) >= 11 is 0. The van der Waals surface area contributed by atoms with E-state index in [1.165, 1.54) is 24.1 Å². The number of hydrogen-bond acceptors (Lipinski definition) is 2. The van der Waals surface area contributed by atoms with E-state index in [1.54, 1.807) is 0 Å². The van der Waals surface area contributed by atoms with Crippen LogP contribution in [-0.2, 0) is 11.2 Å². The highest BCUT2D eigenvalue weighted by Gasteiger charge is 2.20.